The molecule has 3 heteroatoms. The highest BCUT2D eigenvalue weighted by molar-refractivity contribution is 5.43. The summed E-state index contributed by atoms with van der Waals surface area (Å²) >= 11 is 0. The Morgan fingerprint density at radius 2 is 1.86 bits per heavy atom. The van der Waals surface area contributed by atoms with Crippen molar-refractivity contribution in [3.8, 4) is 5.75 Å². The number of methoxy groups -OCH3 is 1. The van der Waals surface area contributed by atoms with Crippen molar-refractivity contribution in [3.05, 3.63) is 28.8 Å². The number of aryl methyl sites for hydroxylation is 2. The van der Waals surface area contributed by atoms with Crippen LogP contribution in [0, 0.1) is 13.8 Å². The van der Waals surface area contributed by atoms with Crippen molar-refractivity contribution in [2.75, 3.05) is 13.7 Å². The van der Waals surface area contributed by atoms with Crippen molar-refractivity contribution in [2.45, 2.75) is 20.0 Å². The predicted molar refractivity (Wildman–Crippen MR) is 55.4 cm³/mol. The van der Waals surface area contributed by atoms with E-state index in [4.69, 9.17) is 10.5 Å². The van der Waals surface area contributed by atoms with Gasteiger partial charge in [0.15, 0.2) is 0 Å². The standard InChI is InChI=1S/C11H16FNO/c1-7-4-9(10(12)6-13)5-8(2)11(7)14-3/h4-5,10H,6,13H2,1-3H3. The fourth-order valence-electron chi connectivity index (χ4n) is 1.62. The zero-order valence-electron chi connectivity index (χ0n) is 8.80. The summed E-state index contributed by atoms with van der Waals surface area (Å²) in [6, 6.07) is 3.56. The van der Waals surface area contributed by atoms with Gasteiger partial charge in [0.25, 0.3) is 0 Å². The SMILES string of the molecule is COc1c(C)cc(C(F)CN)cc1C. The van der Waals surface area contributed by atoms with Crippen LogP contribution in [-0.2, 0) is 0 Å². The van der Waals surface area contributed by atoms with Crippen LogP contribution in [0.15, 0.2) is 12.1 Å². The predicted octanol–water partition coefficient (Wildman–Crippen LogP) is 2.28. The Kier molecular flexibility index (Phi) is 3.47. The fraction of sp³-hybridized carbons (Fsp3) is 0.455. The van der Waals surface area contributed by atoms with Crippen LogP contribution >= 0.6 is 0 Å². The van der Waals surface area contributed by atoms with Crippen LogP contribution in [0.5, 0.6) is 5.75 Å². The Labute approximate surface area is 83.9 Å². The minimum absolute atomic E-state index is 0.0191. The minimum atomic E-state index is -1.08. The summed E-state index contributed by atoms with van der Waals surface area (Å²) in [5.74, 6) is 0.818. The number of rotatable bonds is 3. The summed E-state index contributed by atoms with van der Waals surface area (Å²) in [6.45, 7) is 3.82. The number of benzene rings is 1. The van der Waals surface area contributed by atoms with Gasteiger partial charge in [-0.1, -0.05) is 0 Å². The Balaban J connectivity index is 3.13. The minimum Gasteiger partial charge on any atom is -0.496 e. The van der Waals surface area contributed by atoms with Gasteiger partial charge in [-0.15, -0.1) is 0 Å². The van der Waals surface area contributed by atoms with Crippen LogP contribution in [0.4, 0.5) is 4.39 Å². The van der Waals surface area contributed by atoms with E-state index in [1.807, 2.05) is 13.8 Å². The quantitative estimate of drug-likeness (QED) is 0.806. The first-order valence-corrected chi connectivity index (χ1v) is 4.59. The molecule has 0 saturated carbocycles. The van der Waals surface area contributed by atoms with E-state index >= 15 is 0 Å². The summed E-state index contributed by atoms with van der Waals surface area (Å²) in [4.78, 5) is 0. The number of alkyl halides is 1. The molecule has 0 amide bonds. The molecule has 0 fully saturated rings. The molecule has 0 bridgehead atoms. The van der Waals surface area contributed by atoms with E-state index in [9.17, 15) is 4.39 Å². The summed E-state index contributed by atoms with van der Waals surface area (Å²) < 4.78 is 18.5. The van der Waals surface area contributed by atoms with E-state index in [1.54, 1.807) is 19.2 Å². The first-order valence-electron chi connectivity index (χ1n) is 4.59. The molecule has 0 aliphatic heterocycles. The molecule has 0 spiro atoms. The molecule has 0 aromatic heterocycles. The third-order valence-corrected chi connectivity index (χ3v) is 2.26. The van der Waals surface area contributed by atoms with Crippen LogP contribution in [0.2, 0.25) is 0 Å². The average molecular weight is 197 g/mol. The van der Waals surface area contributed by atoms with Crippen LogP contribution in [0.3, 0.4) is 0 Å². The monoisotopic (exact) mass is 197 g/mol. The molecule has 1 aromatic rings. The lowest BCUT2D eigenvalue weighted by Crippen LogP contribution is -2.08. The van der Waals surface area contributed by atoms with E-state index in [1.165, 1.54) is 0 Å². The molecular formula is C11H16FNO. The molecule has 1 atom stereocenters. The third kappa shape index (κ3) is 2.04. The highest BCUT2D eigenvalue weighted by Gasteiger charge is 2.11. The molecule has 14 heavy (non-hydrogen) atoms. The van der Waals surface area contributed by atoms with E-state index < -0.39 is 6.17 Å². The molecule has 0 heterocycles. The smallest absolute Gasteiger partial charge is 0.137 e. The van der Waals surface area contributed by atoms with Crippen LogP contribution in [0.1, 0.15) is 22.9 Å². The lowest BCUT2D eigenvalue weighted by atomic mass is 10.0. The molecule has 1 unspecified atom stereocenters. The van der Waals surface area contributed by atoms with Crippen LogP contribution < -0.4 is 10.5 Å². The Morgan fingerprint density at radius 1 is 1.36 bits per heavy atom. The van der Waals surface area contributed by atoms with E-state index in [2.05, 4.69) is 0 Å². The molecular weight excluding hydrogens is 181 g/mol. The number of hydrogen-bond donors (Lipinski definition) is 1. The summed E-state index contributed by atoms with van der Waals surface area (Å²) in [5.41, 5.74) is 7.78. The van der Waals surface area contributed by atoms with Gasteiger partial charge >= 0.3 is 0 Å². The van der Waals surface area contributed by atoms with Gasteiger partial charge in [0.05, 0.1) is 7.11 Å². The molecule has 1 rings (SSSR count). The molecule has 0 saturated heterocycles. The zero-order valence-corrected chi connectivity index (χ0v) is 8.80. The topological polar surface area (TPSA) is 35.2 Å². The van der Waals surface area contributed by atoms with Crippen molar-refractivity contribution in [3.63, 3.8) is 0 Å². The second-order valence-electron chi connectivity index (χ2n) is 3.39. The zero-order chi connectivity index (χ0) is 10.7. The molecule has 0 aliphatic rings. The summed E-state index contributed by atoms with van der Waals surface area (Å²) in [7, 11) is 1.62. The summed E-state index contributed by atoms with van der Waals surface area (Å²) in [6.07, 6.45) is -1.08. The number of halogens is 1. The Morgan fingerprint density at radius 3 is 2.21 bits per heavy atom. The highest BCUT2D eigenvalue weighted by atomic mass is 19.1. The molecule has 1 aromatic carbocycles. The van der Waals surface area contributed by atoms with Crippen molar-refractivity contribution < 1.29 is 9.13 Å². The fourth-order valence-corrected chi connectivity index (χ4v) is 1.62. The second kappa shape index (κ2) is 4.42. The van der Waals surface area contributed by atoms with Gasteiger partial charge in [-0.3, -0.25) is 0 Å². The third-order valence-electron chi connectivity index (χ3n) is 2.26. The molecule has 2 N–H and O–H groups in total. The molecule has 0 aliphatic carbocycles. The van der Waals surface area contributed by atoms with Crippen molar-refractivity contribution in [2.24, 2.45) is 5.73 Å². The van der Waals surface area contributed by atoms with E-state index in [0.717, 1.165) is 16.9 Å². The van der Waals surface area contributed by atoms with Crippen molar-refractivity contribution in [1.29, 1.82) is 0 Å². The lowest BCUT2D eigenvalue weighted by Gasteiger charge is -2.12. The van der Waals surface area contributed by atoms with Crippen LogP contribution in [-0.4, -0.2) is 13.7 Å². The average Bonchev–Trinajstić information content (AvgIpc) is 2.16. The maximum absolute atomic E-state index is 13.3. The number of ether oxygens (including phenoxy) is 1. The van der Waals surface area contributed by atoms with Crippen LogP contribution in [0.25, 0.3) is 0 Å². The highest BCUT2D eigenvalue weighted by Crippen LogP contribution is 2.28. The maximum Gasteiger partial charge on any atom is 0.137 e. The van der Waals surface area contributed by atoms with Gasteiger partial charge in [0.1, 0.15) is 11.9 Å². The molecule has 2 nitrogen and oxygen atoms in total. The Hall–Kier alpha value is -1.09. The van der Waals surface area contributed by atoms with E-state index in [0.29, 0.717) is 5.56 Å². The summed E-state index contributed by atoms with van der Waals surface area (Å²) in [5, 5.41) is 0. The lowest BCUT2D eigenvalue weighted by molar-refractivity contribution is 0.351. The molecule has 78 valence electrons. The number of nitrogens with two attached hydrogens (primary N) is 1. The first-order chi connectivity index (χ1) is 6.60. The number of hydrogen-bond acceptors (Lipinski definition) is 2. The van der Waals surface area contributed by atoms with Gasteiger partial charge in [0.2, 0.25) is 0 Å². The van der Waals surface area contributed by atoms with Crippen molar-refractivity contribution in [1.82, 2.24) is 0 Å². The van der Waals surface area contributed by atoms with Gasteiger partial charge in [0, 0.05) is 6.54 Å². The van der Waals surface area contributed by atoms with Crippen molar-refractivity contribution >= 4 is 0 Å². The first kappa shape index (κ1) is 11.0. The van der Waals surface area contributed by atoms with Gasteiger partial charge in [-0.2, -0.15) is 0 Å². The Bertz CT molecular complexity index is 302. The van der Waals surface area contributed by atoms with Gasteiger partial charge in [-0.25, -0.2) is 4.39 Å². The second-order valence-corrected chi connectivity index (χ2v) is 3.39. The van der Waals surface area contributed by atoms with Gasteiger partial charge in [-0.05, 0) is 42.7 Å². The maximum atomic E-state index is 13.3. The normalized spacial score (nSPS) is 12.6. The van der Waals surface area contributed by atoms with Gasteiger partial charge < -0.3 is 10.5 Å². The molecule has 0 radical (unpaired) electrons. The largest absolute Gasteiger partial charge is 0.496 e. The van der Waals surface area contributed by atoms with E-state index in [-0.39, 0.29) is 6.54 Å².